The summed E-state index contributed by atoms with van der Waals surface area (Å²) in [5, 5.41) is 17.2. The number of aromatic nitrogens is 3. The van der Waals surface area contributed by atoms with Gasteiger partial charge in [-0.2, -0.15) is 0 Å². The molecule has 0 bridgehead atoms. The molecule has 26 heavy (non-hydrogen) atoms. The van der Waals surface area contributed by atoms with Gasteiger partial charge >= 0.3 is 0 Å². The van der Waals surface area contributed by atoms with E-state index in [1.165, 1.54) is 12.1 Å². The lowest BCUT2D eigenvalue weighted by Gasteiger charge is -2.09. The SMILES string of the molecule is C/C=C/Cn1c(C)c(C)c2cn[n+]([O-])c(CCc3ccc(F)cc3F)c21. The Labute approximate surface area is 151 Å². The van der Waals surface area contributed by atoms with E-state index in [0.29, 0.717) is 35.5 Å². The fraction of sp³-hybridized carbons (Fsp3) is 0.300. The highest BCUT2D eigenvalue weighted by molar-refractivity contribution is 5.85. The molecule has 3 aromatic rings. The molecule has 0 N–H and O–H groups in total. The van der Waals surface area contributed by atoms with Crippen molar-refractivity contribution in [2.45, 2.75) is 40.2 Å². The van der Waals surface area contributed by atoms with Crippen LogP contribution >= 0.6 is 0 Å². The number of aryl methyl sites for hydroxylation is 3. The highest BCUT2D eigenvalue weighted by Crippen LogP contribution is 2.26. The van der Waals surface area contributed by atoms with E-state index in [1.54, 1.807) is 6.20 Å². The van der Waals surface area contributed by atoms with E-state index in [-0.39, 0.29) is 0 Å². The first-order chi connectivity index (χ1) is 12.4. The summed E-state index contributed by atoms with van der Waals surface area (Å²) in [4.78, 5) is 0.606. The average molecular weight is 357 g/mol. The smallest absolute Gasteiger partial charge is 0.246 e. The molecule has 1 aromatic carbocycles. The summed E-state index contributed by atoms with van der Waals surface area (Å²) in [5.41, 5.74) is 3.84. The second-order valence-corrected chi connectivity index (χ2v) is 6.35. The minimum Gasteiger partial charge on any atom is -0.594 e. The Morgan fingerprint density at radius 2 is 2.00 bits per heavy atom. The number of hydrogen-bond donors (Lipinski definition) is 0. The van der Waals surface area contributed by atoms with Crippen molar-refractivity contribution in [3.05, 3.63) is 75.9 Å². The van der Waals surface area contributed by atoms with Crippen molar-refractivity contribution in [1.82, 2.24) is 9.67 Å². The van der Waals surface area contributed by atoms with Gasteiger partial charge < -0.3 is 9.77 Å². The van der Waals surface area contributed by atoms with Crippen molar-refractivity contribution in [3.8, 4) is 0 Å². The van der Waals surface area contributed by atoms with Gasteiger partial charge in [-0.25, -0.2) is 8.78 Å². The molecule has 0 unspecified atom stereocenters. The Balaban J connectivity index is 2.06. The molecule has 0 saturated carbocycles. The predicted octanol–water partition coefficient (Wildman–Crippen LogP) is 3.93. The first-order valence-corrected chi connectivity index (χ1v) is 8.56. The molecule has 4 nitrogen and oxygen atoms in total. The van der Waals surface area contributed by atoms with Crippen molar-refractivity contribution < 1.29 is 13.6 Å². The summed E-state index contributed by atoms with van der Waals surface area (Å²) in [6, 6.07) is 3.51. The molecule has 0 radical (unpaired) electrons. The summed E-state index contributed by atoms with van der Waals surface area (Å²) >= 11 is 0. The molecule has 0 fully saturated rings. The highest BCUT2D eigenvalue weighted by Gasteiger charge is 2.21. The Hall–Kier alpha value is -2.76. The molecule has 2 aromatic heterocycles. The van der Waals surface area contributed by atoms with Gasteiger partial charge in [0, 0.05) is 35.2 Å². The number of rotatable bonds is 5. The third kappa shape index (κ3) is 3.19. The third-order valence-electron chi connectivity index (χ3n) is 4.84. The van der Waals surface area contributed by atoms with Crippen LogP contribution in [-0.2, 0) is 19.4 Å². The van der Waals surface area contributed by atoms with Gasteiger partial charge in [-0.05, 0) is 44.4 Å². The number of allylic oxidation sites excluding steroid dienone is 2. The van der Waals surface area contributed by atoms with Crippen molar-refractivity contribution >= 4 is 10.9 Å². The molecule has 3 rings (SSSR count). The van der Waals surface area contributed by atoms with Crippen LogP contribution in [0.15, 0.2) is 36.5 Å². The van der Waals surface area contributed by atoms with E-state index >= 15 is 0 Å². The Kier molecular flexibility index (Phi) is 5.02. The number of fused-ring (bicyclic) bond motifs is 1. The molecule has 0 saturated heterocycles. The zero-order valence-corrected chi connectivity index (χ0v) is 15.1. The summed E-state index contributed by atoms with van der Waals surface area (Å²) in [7, 11) is 0. The molecular weight excluding hydrogens is 336 g/mol. The van der Waals surface area contributed by atoms with Crippen molar-refractivity contribution in [2.24, 2.45) is 0 Å². The maximum absolute atomic E-state index is 13.9. The number of nitrogens with zero attached hydrogens (tertiary/aromatic N) is 3. The van der Waals surface area contributed by atoms with Gasteiger partial charge in [0.15, 0.2) is 0 Å². The van der Waals surface area contributed by atoms with Crippen molar-refractivity contribution in [3.63, 3.8) is 0 Å². The zero-order chi connectivity index (χ0) is 18.8. The molecule has 136 valence electrons. The van der Waals surface area contributed by atoms with Crippen LogP contribution in [0.25, 0.3) is 10.9 Å². The van der Waals surface area contributed by atoms with Gasteiger partial charge in [-0.3, -0.25) is 0 Å². The van der Waals surface area contributed by atoms with Gasteiger partial charge in [0.2, 0.25) is 5.69 Å². The minimum atomic E-state index is -0.611. The van der Waals surface area contributed by atoms with Crippen LogP contribution in [0, 0.1) is 30.7 Å². The second-order valence-electron chi connectivity index (χ2n) is 6.35. The average Bonchev–Trinajstić information content (AvgIpc) is 2.85. The predicted molar refractivity (Wildman–Crippen MR) is 96.7 cm³/mol. The van der Waals surface area contributed by atoms with Gasteiger partial charge in [-0.1, -0.05) is 23.1 Å². The highest BCUT2D eigenvalue weighted by atomic mass is 19.1. The Bertz CT molecular complexity index is 993. The molecule has 0 amide bonds. The molecule has 0 atom stereocenters. The molecule has 0 aliphatic rings. The van der Waals surface area contributed by atoms with E-state index in [4.69, 9.17) is 0 Å². The first kappa shape index (κ1) is 18.0. The van der Waals surface area contributed by atoms with E-state index < -0.39 is 11.6 Å². The standard InChI is InChI=1S/C20H21F2N3O/c1-4-5-10-24-14(3)13(2)17-12-23-25(26)19(20(17)24)9-7-15-6-8-16(21)11-18(15)22/h4-6,8,11-12H,7,9-10H2,1-3H3/b5-4+. The summed E-state index contributed by atoms with van der Waals surface area (Å²) in [5.74, 6) is -1.21. The molecular formula is C20H21F2N3O. The van der Waals surface area contributed by atoms with Gasteiger partial charge in [0.05, 0.1) is 0 Å². The third-order valence-corrected chi connectivity index (χ3v) is 4.84. The lowest BCUT2D eigenvalue weighted by molar-refractivity contribution is -0.675. The van der Waals surface area contributed by atoms with E-state index in [2.05, 4.69) is 9.67 Å². The van der Waals surface area contributed by atoms with E-state index in [9.17, 15) is 14.0 Å². The zero-order valence-electron chi connectivity index (χ0n) is 15.1. The monoisotopic (exact) mass is 357 g/mol. The normalized spacial score (nSPS) is 11.7. The molecule has 0 spiro atoms. The van der Waals surface area contributed by atoms with Crippen LogP contribution in [0.3, 0.4) is 0 Å². The summed E-state index contributed by atoms with van der Waals surface area (Å²) < 4.78 is 29.1. The molecule has 0 aliphatic carbocycles. The quantitative estimate of drug-likeness (QED) is 0.395. The maximum Gasteiger partial charge on any atom is 0.246 e. The van der Waals surface area contributed by atoms with Gasteiger partial charge in [0.1, 0.15) is 23.3 Å². The first-order valence-electron chi connectivity index (χ1n) is 8.56. The van der Waals surface area contributed by atoms with E-state index in [0.717, 1.165) is 28.2 Å². The Morgan fingerprint density at radius 1 is 1.23 bits per heavy atom. The fourth-order valence-corrected chi connectivity index (χ4v) is 3.26. The fourth-order valence-electron chi connectivity index (χ4n) is 3.26. The lowest BCUT2D eigenvalue weighted by Crippen LogP contribution is -2.37. The number of hydrogen-bond acceptors (Lipinski definition) is 2. The Morgan fingerprint density at radius 3 is 2.69 bits per heavy atom. The van der Waals surface area contributed by atoms with Crippen LogP contribution in [0.2, 0.25) is 0 Å². The maximum atomic E-state index is 13.9. The van der Waals surface area contributed by atoms with Crippen LogP contribution < -0.4 is 4.85 Å². The summed E-state index contributed by atoms with van der Waals surface area (Å²) in [6.45, 7) is 6.61. The van der Waals surface area contributed by atoms with Crippen LogP contribution in [0.4, 0.5) is 8.78 Å². The minimum absolute atomic E-state index is 0.294. The molecule has 2 heterocycles. The van der Waals surface area contributed by atoms with Gasteiger partial charge in [-0.15, -0.1) is 0 Å². The van der Waals surface area contributed by atoms with Crippen LogP contribution in [-0.4, -0.2) is 9.67 Å². The summed E-state index contributed by atoms with van der Waals surface area (Å²) in [6.07, 6.45) is 6.17. The largest absolute Gasteiger partial charge is 0.594 e. The van der Waals surface area contributed by atoms with Crippen LogP contribution in [0.5, 0.6) is 0 Å². The molecule has 0 aliphatic heterocycles. The second kappa shape index (κ2) is 7.23. The van der Waals surface area contributed by atoms with Crippen LogP contribution in [0.1, 0.15) is 29.4 Å². The van der Waals surface area contributed by atoms with Gasteiger partial charge in [0.25, 0.3) is 0 Å². The molecule has 6 heteroatoms. The number of benzene rings is 1. The van der Waals surface area contributed by atoms with E-state index in [1.807, 2.05) is 32.9 Å². The van der Waals surface area contributed by atoms with Crippen molar-refractivity contribution in [2.75, 3.05) is 0 Å². The van der Waals surface area contributed by atoms with Crippen molar-refractivity contribution in [1.29, 1.82) is 0 Å². The number of halogens is 2. The topological polar surface area (TPSA) is 44.8 Å². The lowest BCUT2D eigenvalue weighted by atomic mass is 10.1.